The van der Waals surface area contributed by atoms with Crippen molar-refractivity contribution in [3.05, 3.63) is 70.1 Å². The third-order valence-electron chi connectivity index (χ3n) is 6.55. The largest absolute Gasteiger partial charge is 0.463 e. The van der Waals surface area contributed by atoms with Gasteiger partial charge in [-0.3, -0.25) is 9.47 Å². The molecule has 0 saturated carbocycles. The van der Waals surface area contributed by atoms with E-state index in [4.69, 9.17) is 10.5 Å². The number of nitrogens with two attached hydrogens (primary N) is 1. The average molecular weight is 473 g/mol. The number of fused-ring (bicyclic) bond motifs is 1. The molecule has 4 aromatic rings. The van der Waals surface area contributed by atoms with Crippen LogP contribution in [0.2, 0.25) is 0 Å². The lowest BCUT2D eigenvalue weighted by Gasteiger charge is -2.18. The third-order valence-corrected chi connectivity index (χ3v) is 6.55. The summed E-state index contributed by atoms with van der Waals surface area (Å²) in [7, 11) is 0. The summed E-state index contributed by atoms with van der Waals surface area (Å²) in [4.78, 5) is 26.8. The van der Waals surface area contributed by atoms with Crippen LogP contribution in [0, 0.1) is 0 Å². The average Bonchev–Trinajstić information content (AvgIpc) is 3.48. The number of nitrogens with zero attached hydrogens (tertiary/aromatic N) is 4. The summed E-state index contributed by atoms with van der Waals surface area (Å²) in [5.74, 6) is 0.210. The molecule has 0 amide bonds. The minimum atomic E-state index is -0.272. The van der Waals surface area contributed by atoms with Crippen molar-refractivity contribution in [2.45, 2.75) is 45.7 Å². The zero-order valence-corrected chi connectivity index (χ0v) is 20.2. The molecular weight excluding hydrogens is 440 g/mol. The van der Waals surface area contributed by atoms with Crippen molar-refractivity contribution in [2.24, 2.45) is 0 Å². The van der Waals surface area contributed by atoms with Gasteiger partial charge in [0.1, 0.15) is 5.52 Å². The van der Waals surface area contributed by atoms with Gasteiger partial charge in [-0.25, -0.2) is 4.79 Å². The Morgan fingerprint density at radius 2 is 1.89 bits per heavy atom. The van der Waals surface area contributed by atoms with Crippen molar-refractivity contribution < 1.29 is 4.74 Å². The van der Waals surface area contributed by atoms with Crippen LogP contribution in [-0.2, 0) is 13.1 Å². The fraction of sp³-hybridized carbons (Fsp3) is 0.370. The lowest BCUT2D eigenvalue weighted by molar-refractivity contribution is 0.286. The molecule has 0 unspecified atom stereocenters. The molecule has 1 aliphatic rings. The summed E-state index contributed by atoms with van der Waals surface area (Å²) >= 11 is 0. The van der Waals surface area contributed by atoms with Crippen LogP contribution in [0.15, 0.2) is 53.3 Å². The predicted molar refractivity (Wildman–Crippen MR) is 138 cm³/mol. The maximum absolute atomic E-state index is 12.8. The Morgan fingerprint density at radius 3 is 2.71 bits per heavy atom. The first-order valence-corrected chi connectivity index (χ1v) is 12.4. The van der Waals surface area contributed by atoms with E-state index in [0.29, 0.717) is 24.3 Å². The van der Waals surface area contributed by atoms with E-state index in [1.807, 2.05) is 12.1 Å². The molecule has 0 aliphatic carbocycles. The van der Waals surface area contributed by atoms with Crippen LogP contribution in [0.4, 0.5) is 5.82 Å². The number of nitrogens with one attached hydrogen (secondary N) is 1. The zero-order valence-electron chi connectivity index (χ0n) is 20.2. The fourth-order valence-corrected chi connectivity index (χ4v) is 4.69. The monoisotopic (exact) mass is 472 g/mol. The normalized spacial score (nSPS) is 14.1. The van der Waals surface area contributed by atoms with Crippen LogP contribution >= 0.6 is 0 Å². The number of anilines is 1. The molecular formula is C27H32N6O2. The van der Waals surface area contributed by atoms with Crippen molar-refractivity contribution in [1.29, 1.82) is 0 Å². The van der Waals surface area contributed by atoms with E-state index < -0.39 is 0 Å². The first-order valence-electron chi connectivity index (χ1n) is 12.4. The van der Waals surface area contributed by atoms with Crippen molar-refractivity contribution in [3.63, 3.8) is 0 Å². The van der Waals surface area contributed by atoms with Crippen LogP contribution in [0.25, 0.3) is 22.3 Å². The van der Waals surface area contributed by atoms with Gasteiger partial charge < -0.3 is 15.5 Å². The molecule has 3 N–H and O–H groups in total. The molecule has 35 heavy (non-hydrogen) atoms. The Balaban J connectivity index is 1.45. The first kappa shape index (κ1) is 23.1. The molecule has 1 fully saturated rings. The minimum Gasteiger partial charge on any atom is -0.463 e. The number of rotatable bonds is 9. The number of unbranched alkanes of at least 4 members (excludes halogenated alkanes) is 1. The second-order valence-corrected chi connectivity index (χ2v) is 9.15. The lowest BCUT2D eigenvalue weighted by atomic mass is 9.97. The van der Waals surface area contributed by atoms with Crippen molar-refractivity contribution >= 4 is 17.0 Å². The van der Waals surface area contributed by atoms with Crippen molar-refractivity contribution in [1.82, 2.24) is 24.4 Å². The summed E-state index contributed by atoms with van der Waals surface area (Å²) in [6.45, 7) is 6.24. The summed E-state index contributed by atoms with van der Waals surface area (Å²) in [6.07, 6.45) is 4.45. The third kappa shape index (κ3) is 5.07. The molecule has 2 aromatic heterocycles. The van der Waals surface area contributed by atoms with Gasteiger partial charge in [0.05, 0.1) is 13.2 Å². The molecule has 0 radical (unpaired) electrons. The number of ether oxygens (including phenoxy) is 1. The maximum Gasteiger partial charge on any atom is 0.328 e. The molecule has 0 bridgehead atoms. The number of hydrogen-bond donors (Lipinski definition) is 2. The van der Waals surface area contributed by atoms with Gasteiger partial charge in [-0.05, 0) is 60.7 Å². The second-order valence-electron chi connectivity index (χ2n) is 9.15. The molecule has 8 heteroatoms. The summed E-state index contributed by atoms with van der Waals surface area (Å²) < 4.78 is 7.25. The molecule has 1 aliphatic heterocycles. The van der Waals surface area contributed by atoms with Crippen LogP contribution in [0.3, 0.4) is 0 Å². The number of likely N-dealkylation sites (tertiary alicyclic amines) is 1. The number of imidazole rings is 1. The summed E-state index contributed by atoms with van der Waals surface area (Å²) in [5.41, 5.74) is 11.4. The van der Waals surface area contributed by atoms with E-state index in [9.17, 15) is 4.79 Å². The standard InChI is InChI=1S/C27H32N6O2/c1-2-3-15-35-26-30-24(28)23-25(31-26)33(27(34)29-23)17-19-9-8-11-20(16-19)22-12-5-4-10-21(22)18-32-13-6-7-14-32/h4-5,8-12,16H,2-3,6-7,13-15,17-18H2,1H3,(H,29,34)(H2,28,30,31). The number of hydrogen-bond acceptors (Lipinski definition) is 6. The lowest BCUT2D eigenvalue weighted by Crippen LogP contribution is -2.19. The van der Waals surface area contributed by atoms with Crippen LogP contribution < -0.4 is 16.2 Å². The van der Waals surface area contributed by atoms with E-state index in [1.54, 1.807) is 4.57 Å². The van der Waals surface area contributed by atoms with Gasteiger partial charge in [-0.2, -0.15) is 9.97 Å². The highest BCUT2D eigenvalue weighted by atomic mass is 16.5. The highest BCUT2D eigenvalue weighted by Gasteiger charge is 2.17. The molecule has 5 rings (SSSR count). The van der Waals surface area contributed by atoms with E-state index in [2.05, 4.69) is 63.2 Å². The summed E-state index contributed by atoms with van der Waals surface area (Å²) in [5, 5.41) is 0. The van der Waals surface area contributed by atoms with Gasteiger partial charge in [0.2, 0.25) is 0 Å². The van der Waals surface area contributed by atoms with Gasteiger partial charge >= 0.3 is 11.7 Å². The topological polar surface area (TPSA) is 102 Å². The van der Waals surface area contributed by atoms with Crippen LogP contribution in [0.1, 0.15) is 43.7 Å². The first-order chi connectivity index (χ1) is 17.1. The number of aromatic nitrogens is 4. The molecule has 2 aromatic carbocycles. The molecule has 0 spiro atoms. The smallest absolute Gasteiger partial charge is 0.328 e. The van der Waals surface area contributed by atoms with Crippen molar-refractivity contribution in [3.8, 4) is 17.1 Å². The quantitative estimate of drug-likeness (QED) is 0.354. The minimum absolute atomic E-state index is 0.195. The molecule has 182 valence electrons. The number of H-pyrrole nitrogens is 1. The summed E-state index contributed by atoms with van der Waals surface area (Å²) in [6, 6.07) is 17.1. The molecule has 3 heterocycles. The zero-order chi connectivity index (χ0) is 24.2. The second kappa shape index (κ2) is 10.3. The Morgan fingerprint density at radius 1 is 1.06 bits per heavy atom. The predicted octanol–water partition coefficient (Wildman–Crippen LogP) is 4.19. The number of nitrogen functional groups attached to an aromatic ring is 1. The van der Waals surface area contributed by atoms with Gasteiger partial charge in [-0.1, -0.05) is 55.8 Å². The van der Waals surface area contributed by atoms with Crippen LogP contribution in [-0.4, -0.2) is 44.1 Å². The molecule has 8 nitrogen and oxygen atoms in total. The van der Waals surface area contributed by atoms with Crippen LogP contribution in [0.5, 0.6) is 6.01 Å². The highest BCUT2D eigenvalue weighted by molar-refractivity contribution is 5.82. The Bertz CT molecular complexity index is 1370. The maximum atomic E-state index is 12.8. The fourth-order valence-electron chi connectivity index (χ4n) is 4.69. The van der Waals surface area contributed by atoms with Crippen molar-refractivity contribution in [2.75, 3.05) is 25.4 Å². The van der Waals surface area contributed by atoms with E-state index in [-0.39, 0.29) is 17.5 Å². The van der Waals surface area contributed by atoms with Gasteiger partial charge in [0.25, 0.3) is 0 Å². The number of aromatic amines is 1. The Kier molecular flexibility index (Phi) is 6.81. The SMILES string of the molecule is CCCCOc1nc(N)c2[nH]c(=O)n(Cc3cccc(-c4ccccc4CN4CCCC4)c3)c2n1. The number of benzene rings is 2. The van der Waals surface area contributed by atoms with Gasteiger partial charge in [0, 0.05) is 6.54 Å². The Labute approximate surface area is 204 Å². The van der Waals surface area contributed by atoms with Gasteiger partial charge in [0.15, 0.2) is 11.5 Å². The van der Waals surface area contributed by atoms with E-state index >= 15 is 0 Å². The molecule has 0 atom stereocenters. The molecule has 1 saturated heterocycles. The van der Waals surface area contributed by atoms with E-state index in [0.717, 1.165) is 43.6 Å². The highest BCUT2D eigenvalue weighted by Crippen LogP contribution is 2.27. The van der Waals surface area contributed by atoms with Gasteiger partial charge in [-0.15, -0.1) is 0 Å². The Hall–Kier alpha value is -3.65. The van der Waals surface area contributed by atoms with E-state index in [1.165, 1.54) is 24.0 Å².